The number of carbonyl (C=O) groups excluding carboxylic acids is 1. The number of anilines is 1. The van der Waals surface area contributed by atoms with Crippen molar-refractivity contribution < 1.29 is 26.7 Å². The van der Waals surface area contributed by atoms with Gasteiger partial charge in [0.15, 0.2) is 0 Å². The molecule has 4 rings (SSSR count). The van der Waals surface area contributed by atoms with Crippen LogP contribution in [0.5, 0.6) is 0 Å². The van der Waals surface area contributed by atoms with Crippen LogP contribution in [0.1, 0.15) is 30.8 Å². The van der Waals surface area contributed by atoms with Crippen LogP contribution < -0.4 is 5.32 Å². The van der Waals surface area contributed by atoms with Crippen LogP contribution in [-0.2, 0) is 11.0 Å². The van der Waals surface area contributed by atoms with E-state index in [1.165, 1.54) is 0 Å². The maximum Gasteiger partial charge on any atom is 0.453 e. The minimum Gasteiger partial charge on any atom is -0.328 e. The smallest absolute Gasteiger partial charge is 0.328 e. The number of fused-ring (bicyclic) bond motifs is 2. The number of nitrogens with one attached hydrogen (secondary N) is 1. The van der Waals surface area contributed by atoms with Crippen molar-refractivity contribution in [1.82, 2.24) is 14.8 Å². The van der Waals surface area contributed by atoms with E-state index < -0.39 is 35.6 Å². The molecule has 0 amide bonds. The van der Waals surface area contributed by atoms with Gasteiger partial charge in [0, 0.05) is 18.2 Å². The predicted octanol–water partition coefficient (Wildman–Crippen LogP) is 3.70. The van der Waals surface area contributed by atoms with Crippen molar-refractivity contribution in [2.45, 2.75) is 25.6 Å². The molecule has 1 aromatic carbocycles. The molecule has 0 fully saturated rings. The quantitative estimate of drug-likeness (QED) is 0.762. The Bertz CT molecular complexity index is 944. The van der Waals surface area contributed by atoms with Gasteiger partial charge in [0.05, 0.1) is 12.0 Å². The number of alkyl halides is 3. The van der Waals surface area contributed by atoms with Gasteiger partial charge in [0.1, 0.15) is 17.4 Å². The van der Waals surface area contributed by atoms with Gasteiger partial charge in [-0.2, -0.15) is 18.2 Å². The first kappa shape index (κ1) is 17.6. The third-order valence-electron chi connectivity index (χ3n) is 4.62. The summed E-state index contributed by atoms with van der Waals surface area (Å²) in [5.74, 6) is -4.74. The van der Waals surface area contributed by atoms with Crippen LogP contribution in [0.25, 0.3) is 0 Å². The summed E-state index contributed by atoms with van der Waals surface area (Å²) >= 11 is 0. The second kappa shape index (κ2) is 5.86. The molecule has 2 aromatic rings. The lowest BCUT2D eigenvalue weighted by Crippen LogP contribution is -2.40. The Morgan fingerprint density at radius 2 is 1.85 bits per heavy atom. The maximum absolute atomic E-state index is 13.8. The molecule has 1 aliphatic carbocycles. The zero-order chi connectivity index (χ0) is 19.5. The third-order valence-corrected chi connectivity index (χ3v) is 4.62. The second-order valence-corrected chi connectivity index (χ2v) is 6.72. The number of Topliss-reactive ketones (excluding diaryl/α,β-unsaturated/α-hetero) is 1. The van der Waals surface area contributed by atoms with Crippen molar-refractivity contribution in [1.29, 1.82) is 0 Å². The topological polar surface area (TPSA) is 59.8 Å². The number of hydrogen-bond donors (Lipinski definition) is 1. The Labute approximate surface area is 149 Å². The van der Waals surface area contributed by atoms with Crippen LogP contribution in [0.2, 0.25) is 0 Å². The molecule has 27 heavy (non-hydrogen) atoms. The predicted molar refractivity (Wildman–Crippen MR) is 83.5 cm³/mol. The van der Waals surface area contributed by atoms with Crippen LogP contribution in [0, 0.1) is 23.5 Å². The zero-order valence-corrected chi connectivity index (χ0v) is 13.9. The van der Waals surface area contributed by atoms with Crippen molar-refractivity contribution in [2.75, 3.05) is 5.32 Å². The summed E-state index contributed by atoms with van der Waals surface area (Å²) in [4.78, 5) is 16.1. The number of carbonyl (C=O) groups is 1. The van der Waals surface area contributed by atoms with E-state index >= 15 is 0 Å². The standard InChI is InChI=1S/C17H13F5N4O/c1-7-2-11-13(12(27)3-7)14(8-4-9(18)6-10(19)5-8)26-16(23-11)24-15(25-26)17(20,21)22/h2,4-7,13-14H,3H2,1H3,(H,23,24,25)/t7-,13+,14+/m0/s1. The Balaban J connectivity index is 1.94. The first-order valence-corrected chi connectivity index (χ1v) is 8.14. The van der Waals surface area contributed by atoms with E-state index in [0.29, 0.717) is 11.8 Å². The Morgan fingerprint density at radius 1 is 1.19 bits per heavy atom. The number of aromatic nitrogens is 3. The zero-order valence-electron chi connectivity index (χ0n) is 13.9. The molecule has 5 nitrogen and oxygen atoms in total. The van der Waals surface area contributed by atoms with E-state index in [1.807, 2.05) is 0 Å². The molecule has 0 saturated heterocycles. The summed E-state index contributed by atoms with van der Waals surface area (Å²) in [6.07, 6.45) is -2.92. The third kappa shape index (κ3) is 2.98. The number of allylic oxidation sites excluding steroid dienone is 2. The summed E-state index contributed by atoms with van der Waals surface area (Å²) in [5.41, 5.74) is 0.370. The lowest BCUT2D eigenvalue weighted by molar-refractivity contribution is -0.145. The van der Waals surface area contributed by atoms with Crippen molar-refractivity contribution in [2.24, 2.45) is 11.8 Å². The molecule has 2 aliphatic rings. The van der Waals surface area contributed by atoms with Crippen LogP contribution in [0.15, 0.2) is 30.0 Å². The van der Waals surface area contributed by atoms with Crippen LogP contribution in [0.4, 0.5) is 27.9 Å². The fourth-order valence-corrected chi connectivity index (χ4v) is 3.62. The minimum atomic E-state index is -4.80. The molecule has 1 N–H and O–H groups in total. The molecule has 2 heterocycles. The number of hydrogen-bond acceptors (Lipinski definition) is 4. The SMILES string of the molecule is C[C@H]1C=C2Nc3nc(C(F)(F)F)nn3[C@H](c3cc(F)cc(F)c3)[C@H]2C(=O)C1. The molecule has 0 saturated carbocycles. The average molecular weight is 384 g/mol. The van der Waals surface area contributed by atoms with Crippen LogP contribution in [0.3, 0.4) is 0 Å². The first-order chi connectivity index (χ1) is 12.6. The average Bonchev–Trinajstić information content (AvgIpc) is 2.95. The molecule has 1 aliphatic heterocycles. The Kier molecular flexibility index (Phi) is 3.83. The maximum atomic E-state index is 13.8. The lowest BCUT2D eigenvalue weighted by Gasteiger charge is -2.37. The molecule has 142 valence electrons. The number of ketones is 1. The molecule has 0 bridgehead atoms. The van der Waals surface area contributed by atoms with E-state index in [-0.39, 0.29) is 29.6 Å². The molecule has 0 unspecified atom stereocenters. The van der Waals surface area contributed by atoms with Gasteiger partial charge >= 0.3 is 6.18 Å². The van der Waals surface area contributed by atoms with Crippen molar-refractivity contribution >= 4 is 11.7 Å². The van der Waals surface area contributed by atoms with Gasteiger partial charge in [-0.05, 0) is 23.6 Å². The summed E-state index contributed by atoms with van der Waals surface area (Å²) < 4.78 is 67.6. The van der Waals surface area contributed by atoms with Gasteiger partial charge in [-0.15, -0.1) is 5.10 Å². The molecule has 3 atom stereocenters. The molecular formula is C17H13F5N4O. The highest BCUT2D eigenvalue weighted by atomic mass is 19.4. The molecule has 0 spiro atoms. The number of rotatable bonds is 1. The summed E-state index contributed by atoms with van der Waals surface area (Å²) in [7, 11) is 0. The van der Waals surface area contributed by atoms with Gasteiger partial charge in [0.25, 0.3) is 5.82 Å². The van der Waals surface area contributed by atoms with Crippen LogP contribution in [-0.4, -0.2) is 20.5 Å². The molecule has 0 radical (unpaired) electrons. The van der Waals surface area contributed by atoms with Gasteiger partial charge in [0.2, 0.25) is 5.95 Å². The second-order valence-electron chi connectivity index (χ2n) is 6.72. The number of halogens is 5. The molecule has 10 heteroatoms. The fraction of sp³-hybridized carbons (Fsp3) is 0.353. The van der Waals surface area contributed by atoms with Gasteiger partial charge in [-0.3, -0.25) is 4.79 Å². The van der Waals surface area contributed by atoms with E-state index in [2.05, 4.69) is 15.4 Å². The fourth-order valence-electron chi connectivity index (χ4n) is 3.62. The van der Waals surface area contributed by atoms with Crippen molar-refractivity contribution in [3.63, 3.8) is 0 Å². The van der Waals surface area contributed by atoms with Gasteiger partial charge in [-0.25, -0.2) is 13.5 Å². The molecular weight excluding hydrogens is 371 g/mol. The van der Waals surface area contributed by atoms with Crippen molar-refractivity contribution in [3.8, 4) is 0 Å². The van der Waals surface area contributed by atoms with Crippen molar-refractivity contribution in [3.05, 3.63) is 53.0 Å². The van der Waals surface area contributed by atoms with E-state index in [0.717, 1.165) is 16.8 Å². The Hall–Kier alpha value is -2.78. The number of nitrogens with zero attached hydrogens (tertiary/aromatic N) is 3. The summed E-state index contributed by atoms with van der Waals surface area (Å²) in [5, 5.41) is 6.20. The highest BCUT2D eigenvalue weighted by Gasteiger charge is 2.45. The van der Waals surface area contributed by atoms with Gasteiger partial charge in [-0.1, -0.05) is 13.0 Å². The van der Waals surface area contributed by atoms with E-state index in [9.17, 15) is 26.7 Å². The highest BCUT2D eigenvalue weighted by Crippen LogP contribution is 2.43. The van der Waals surface area contributed by atoms with Gasteiger partial charge < -0.3 is 5.32 Å². The van der Waals surface area contributed by atoms with E-state index in [4.69, 9.17) is 0 Å². The number of benzene rings is 1. The molecule has 1 aromatic heterocycles. The summed E-state index contributed by atoms with van der Waals surface area (Å²) in [6.45, 7) is 1.79. The Morgan fingerprint density at radius 3 is 2.48 bits per heavy atom. The van der Waals surface area contributed by atoms with E-state index in [1.54, 1.807) is 13.0 Å². The lowest BCUT2D eigenvalue weighted by atomic mass is 9.78. The monoisotopic (exact) mass is 384 g/mol. The highest BCUT2D eigenvalue weighted by molar-refractivity contribution is 5.87. The minimum absolute atomic E-state index is 0.00711. The normalized spacial score (nSPS) is 24.7. The van der Waals surface area contributed by atoms with Crippen LogP contribution >= 0.6 is 0 Å². The summed E-state index contributed by atoms with van der Waals surface area (Å²) in [6, 6.07) is 1.48. The first-order valence-electron chi connectivity index (χ1n) is 8.14. The largest absolute Gasteiger partial charge is 0.453 e.